The maximum atomic E-state index is 11.9. The molecule has 0 saturated heterocycles. The van der Waals surface area contributed by atoms with Gasteiger partial charge >= 0.3 is 5.97 Å². The van der Waals surface area contributed by atoms with Crippen LogP contribution in [0, 0.1) is 0 Å². The highest BCUT2D eigenvalue weighted by molar-refractivity contribution is 6.31. The largest absolute Gasteiger partial charge is 0.497 e. The summed E-state index contributed by atoms with van der Waals surface area (Å²) in [5.41, 5.74) is 0.931. The fourth-order valence-electron chi connectivity index (χ4n) is 1.87. The van der Waals surface area contributed by atoms with Gasteiger partial charge in [0.25, 0.3) is 0 Å². The van der Waals surface area contributed by atoms with Crippen molar-refractivity contribution in [3.63, 3.8) is 0 Å². The Morgan fingerprint density at radius 3 is 2.48 bits per heavy atom. The molecule has 0 aliphatic rings. The molecule has 0 atom stereocenters. The van der Waals surface area contributed by atoms with Gasteiger partial charge in [-0.1, -0.05) is 23.7 Å². The van der Waals surface area contributed by atoms with E-state index < -0.39 is 11.9 Å². The summed E-state index contributed by atoms with van der Waals surface area (Å²) in [6, 6.07) is 11.3. The van der Waals surface area contributed by atoms with Gasteiger partial charge in [-0.15, -0.1) is 0 Å². The van der Waals surface area contributed by atoms with Gasteiger partial charge in [-0.25, -0.2) is 4.79 Å². The number of carboxylic acid groups (broad SMARTS) is 1. The molecule has 0 fully saturated rings. The lowest BCUT2D eigenvalue weighted by molar-refractivity contribution is -0.111. The number of carbonyl (C=O) groups excluding carboxylic acids is 1. The molecule has 118 valence electrons. The number of nitrogens with one attached hydrogen (secondary N) is 1. The first kappa shape index (κ1) is 16.6. The van der Waals surface area contributed by atoms with Gasteiger partial charge < -0.3 is 15.2 Å². The van der Waals surface area contributed by atoms with Crippen LogP contribution in [0.3, 0.4) is 0 Å². The lowest BCUT2D eigenvalue weighted by Crippen LogP contribution is -2.12. The minimum absolute atomic E-state index is 0.0272. The zero-order chi connectivity index (χ0) is 16.8. The fraction of sp³-hybridized carbons (Fsp3) is 0.0588. The van der Waals surface area contributed by atoms with Crippen LogP contribution in [-0.4, -0.2) is 24.1 Å². The average Bonchev–Trinajstić information content (AvgIpc) is 2.53. The smallest absolute Gasteiger partial charge is 0.337 e. The SMILES string of the molecule is COc1ccc(C=CC(=O)Nc2cc(Cl)ccc2C(=O)O)cc1. The van der Waals surface area contributed by atoms with E-state index >= 15 is 0 Å². The molecule has 0 unspecified atom stereocenters. The van der Waals surface area contributed by atoms with Gasteiger partial charge in [-0.3, -0.25) is 4.79 Å². The molecule has 2 aromatic rings. The van der Waals surface area contributed by atoms with Crippen molar-refractivity contribution in [1.82, 2.24) is 0 Å². The van der Waals surface area contributed by atoms with Crippen LogP contribution in [0.15, 0.2) is 48.5 Å². The number of methoxy groups -OCH3 is 1. The molecule has 0 heterocycles. The molecule has 2 N–H and O–H groups in total. The number of amides is 1. The molecule has 0 saturated carbocycles. The van der Waals surface area contributed by atoms with E-state index in [4.69, 9.17) is 21.4 Å². The molecule has 0 radical (unpaired) electrons. The zero-order valence-corrected chi connectivity index (χ0v) is 13.0. The predicted molar refractivity (Wildman–Crippen MR) is 89.1 cm³/mol. The standard InChI is InChI=1S/C17H14ClNO4/c1-23-13-6-2-11(3-7-13)4-9-16(20)19-15-10-12(18)5-8-14(15)17(21)22/h2-10H,1H3,(H,19,20)(H,21,22). The van der Waals surface area contributed by atoms with E-state index in [1.807, 2.05) is 0 Å². The molecular formula is C17H14ClNO4. The first-order chi connectivity index (χ1) is 11.0. The Morgan fingerprint density at radius 2 is 1.87 bits per heavy atom. The number of benzene rings is 2. The molecule has 0 bridgehead atoms. The van der Waals surface area contributed by atoms with Crippen molar-refractivity contribution < 1.29 is 19.4 Å². The van der Waals surface area contributed by atoms with Crippen LogP contribution in [-0.2, 0) is 4.79 Å². The molecule has 23 heavy (non-hydrogen) atoms. The van der Waals surface area contributed by atoms with Crippen LogP contribution in [0.5, 0.6) is 5.75 Å². The lowest BCUT2D eigenvalue weighted by Gasteiger charge is -2.07. The summed E-state index contributed by atoms with van der Waals surface area (Å²) in [7, 11) is 1.57. The van der Waals surface area contributed by atoms with E-state index in [0.717, 1.165) is 11.3 Å². The van der Waals surface area contributed by atoms with E-state index in [1.165, 1.54) is 24.3 Å². The number of aromatic carboxylic acids is 1. The van der Waals surface area contributed by atoms with Gasteiger partial charge in [-0.2, -0.15) is 0 Å². The van der Waals surface area contributed by atoms with Gasteiger partial charge in [0.15, 0.2) is 0 Å². The Morgan fingerprint density at radius 1 is 1.17 bits per heavy atom. The minimum atomic E-state index is -1.14. The highest BCUT2D eigenvalue weighted by atomic mass is 35.5. The minimum Gasteiger partial charge on any atom is -0.497 e. The molecule has 0 aliphatic carbocycles. The number of carbonyl (C=O) groups is 2. The quantitative estimate of drug-likeness (QED) is 0.819. The van der Waals surface area contributed by atoms with E-state index in [1.54, 1.807) is 37.5 Å². The van der Waals surface area contributed by atoms with Crippen molar-refractivity contribution in [2.75, 3.05) is 12.4 Å². The Labute approximate surface area is 138 Å². The maximum Gasteiger partial charge on any atom is 0.337 e. The van der Waals surface area contributed by atoms with E-state index in [2.05, 4.69) is 5.32 Å². The van der Waals surface area contributed by atoms with Crippen LogP contribution >= 0.6 is 11.6 Å². The molecule has 2 rings (SSSR count). The fourth-order valence-corrected chi connectivity index (χ4v) is 2.04. The van der Waals surface area contributed by atoms with Gasteiger partial charge in [0.1, 0.15) is 5.75 Å². The summed E-state index contributed by atoms with van der Waals surface area (Å²) in [5, 5.41) is 11.9. The topological polar surface area (TPSA) is 75.6 Å². The molecule has 0 spiro atoms. The van der Waals surface area contributed by atoms with E-state index in [-0.39, 0.29) is 11.3 Å². The molecule has 0 aliphatic heterocycles. The third-order valence-electron chi connectivity index (χ3n) is 3.01. The van der Waals surface area contributed by atoms with Gasteiger partial charge in [-0.05, 0) is 42.0 Å². The Balaban J connectivity index is 2.11. The number of ether oxygens (including phenoxy) is 1. The number of anilines is 1. The van der Waals surface area contributed by atoms with Crippen LogP contribution < -0.4 is 10.1 Å². The Kier molecular flexibility index (Phi) is 5.38. The van der Waals surface area contributed by atoms with Crippen LogP contribution in [0.4, 0.5) is 5.69 Å². The molecule has 0 aromatic heterocycles. The average molecular weight is 332 g/mol. The van der Waals surface area contributed by atoms with Crippen molar-refractivity contribution >= 4 is 35.2 Å². The Bertz CT molecular complexity index is 754. The highest BCUT2D eigenvalue weighted by Crippen LogP contribution is 2.21. The molecular weight excluding hydrogens is 318 g/mol. The second-order valence-corrected chi connectivity index (χ2v) is 5.03. The second-order valence-electron chi connectivity index (χ2n) is 4.59. The number of halogens is 1. The number of rotatable bonds is 5. The van der Waals surface area contributed by atoms with Crippen LogP contribution in [0.1, 0.15) is 15.9 Å². The third-order valence-corrected chi connectivity index (χ3v) is 3.25. The second kappa shape index (κ2) is 7.47. The molecule has 2 aromatic carbocycles. The van der Waals surface area contributed by atoms with Crippen molar-refractivity contribution in [1.29, 1.82) is 0 Å². The van der Waals surface area contributed by atoms with Gasteiger partial charge in [0.05, 0.1) is 18.4 Å². The molecule has 6 heteroatoms. The number of carboxylic acids is 1. The van der Waals surface area contributed by atoms with Crippen LogP contribution in [0.25, 0.3) is 6.08 Å². The highest BCUT2D eigenvalue weighted by Gasteiger charge is 2.11. The summed E-state index contributed by atoms with van der Waals surface area (Å²) in [5.74, 6) is -0.877. The van der Waals surface area contributed by atoms with Crippen LogP contribution in [0.2, 0.25) is 5.02 Å². The van der Waals surface area contributed by atoms with Crippen molar-refractivity contribution in [3.8, 4) is 5.75 Å². The van der Waals surface area contributed by atoms with Crippen molar-refractivity contribution in [2.45, 2.75) is 0 Å². The van der Waals surface area contributed by atoms with E-state index in [0.29, 0.717) is 5.02 Å². The molecule has 5 nitrogen and oxygen atoms in total. The normalized spacial score (nSPS) is 10.5. The Hall–Kier alpha value is -2.79. The first-order valence-corrected chi connectivity index (χ1v) is 7.03. The van der Waals surface area contributed by atoms with Crippen molar-refractivity contribution in [2.24, 2.45) is 0 Å². The predicted octanol–water partition coefficient (Wildman–Crippen LogP) is 3.70. The lowest BCUT2D eigenvalue weighted by atomic mass is 10.1. The number of hydrogen-bond acceptors (Lipinski definition) is 3. The summed E-state index contributed by atoms with van der Waals surface area (Å²) in [4.78, 5) is 23.1. The summed E-state index contributed by atoms with van der Waals surface area (Å²) >= 11 is 5.83. The first-order valence-electron chi connectivity index (χ1n) is 6.65. The maximum absolute atomic E-state index is 11.9. The summed E-state index contributed by atoms with van der Waals surface area (Å²) in [6.45, 7) is 0. The summed E-state index contributed by atoms with van der Waals surface area (Å²) < 4.78 is 5.05. The monoisotopic (exact) mass is 331 g/mol. The van der Waals surface area contributed by atoms with Crippen molar-refractivity contribution in [3.05, 3.63) is 64.7 Å². The molecule has 1 amide bonds. The van der Waals surface area contributed by atoms with Gasteiger partial charge in [0, 0.05) is 11.1 Å². The number of hydrogen-bond donors (Lipinski definition) is 2. The zero-order valence-electron chi connectivity index (χ0n) is 12.2. The van der Waals surface area contributed by atoms with E-state index in [9.17, 15) is 9.59 Å². The third kappa shape index (κ3) is 4.59. The van der Waals surface area contributed by atoms with Gasteiger partial charge in [0.2, 0.25) is 5.91 Å². The summed E-state index contributed by atoms with van der Waals surface area (Å²) in [6.07, 6.45) is 2.92.